The van der Waals surface area contributed by atoms with Crippen LogP contribution in [0.4, 0.5) is 0 Å². The number of aliphatic hydroxyl groups is 1. The average molecular weight is 284 g/mol. The highest BCUT2D eigenvalue weighted by molar-refractivity contribution is 5.78. The van der Waals surface area contributed by atoms with Crippen molar-refractivity contribution in [2.75, 3.05) is 45.9 Å². The minimum atomic E-state index is 0.0894. The summed E-state index contributed by atoms with van der Waals surface area (Å²) in [5.74, 6) is 1.05. The molecule has 2 aliphatic rings. The minimum absolute atomic E-state index is 0.0894. The second-order valence-electron chi connectivity index (χ2n) is 6.13. The topological polar surface area (TPSA) is 53.0 Å². The van der Waals surface area contributed by atoms with Crippen LogP contribution < -0.4 is 0 Å². The summed E-state index contributed by atoms with van der Waals surface area (Å²) in [6, 6.07) is 0. The quantitative estimate of drug-likeness (QED) is 0.808. The highest BCUT2D eigenvalue weighted by atomic mass is 16.5. The van der Waals surface area contributed by atoms with E-state index in [1.165, 1.54) is 0 Å². The summed E-state index contributed by atoms with van der Waals surface area (Å²) in [5.41, 5.74) is 0. The van der Waals surface area contributed by atoms with Crippen LogP contribution in [0.3, 0.4) is 0 Å². The van der Waals surface area contributed by atoms with E-state index < -0.39 is 0 Å². The molecule has 2 saturated heterocycles. The molecule has 0 aromatic heterocycles. The first kappa shape index (κ1) is 15.7. The molecule has 0 aromatic carbocycles. The molecule has 0 saturated carbocycles. The summed E-state index contributed by atoms with van der Waals surface area (Å²) in [5, 5.41) is 8.75. The van der Waals surface area contributed by atoms with Crippen LogP contribution in [0.2, 0.25) is 0 Å². The Kier molecular flexibility index (Phi) is 6.26. The number of nitrogens with zero attached hydrogens (tertiary/aromatic N) is 2. The standard InChI is InChI=1S/C15H28N2O3/c1-13-2-8-17(9-3-13)15(19)12-16-6-4-14(5-7-16)20-11-10-18/h13-14,18H,2-12H2,1H3. The van der Waals surface area contributed by atoms with Crippen molar-refractivity contribution >= 4 is 5.91 Å². The zero-order valence-corrected chi connectivity index (χ0v) is 12.6. The van der Waals surface area contributed by atoms with Gasteiger partial charge >= 0.3 is 0 Å². The molecule has 0 atom stereocenters. The Labute approximate surface area is 121 Å². The minimum Gasteiger partial charge on any atom is -0.394 e. The van der Waals surface area contributed by atoms with Crippen molar-refractivity contribution in [2.45, 2.75) is 38.7 Å². The number of rotatable bonds is 5. The molecule has 5 nitrogen and oxygen atoms in total. The highest BCUT2D eigenvalue weighted by Crippen LogP contribution is 2.17. The number of amides is 1. The fourth-order valence-corrected chi connectivity index (χ4v) is 3.00. The van der Waals surface area contributed by atoms with Gasteiger partial charge in [0.1, 0.15) is 0 Å². The monoisotopic (exact) mass is 284 g/mol. The molecule has 2 heterocycles. The molecule has 2 aliphatic heterocycles. The van der Waals surface area contributed by atoms with Crippen LogP contribution in [-0.4, -0.2) is 72.9 Å². The molecule has 20 heavy (non-hydrogen) atoms. The number of likely N-dealkylation sites (tertiary alicyclic amines) is 2. The van der Waals surface area contributed by atoms with E-state index in [1.54, 1.807) is 0 Å². The smallest absolute Gasteiger partial charge is 0.236 e. The Morgan fingerprint density at radius 2 is 1.80 bits per heavy atom. The number of carbonyl (C=O) groups is 1. The first-order valence-corrected chi connectivity index (χ1v) is 7.91. The van der Waals surface area contributed by atoms with E-state index in [1.807, 2.05) is 4.90 Å². The predicted octanol–water partition coefficient (Wildman–Crippen LogP) is 0.718. The van der Waals surface area contributed by atoms with Gasteiger partial charge in [0.25, 0.3) is 0 Å². The maximum Gasteiger partial charge on any atom is 0.236 e. The van der Waals surface area contributed by atoms with Crippen molar-refractivity contribution in [1.82, 2.24) is 9.80 Å². The Bertz CT molecular complexity index is 295. The van der Waals surface area contributed by atoms with Gasteiger partial charge in [-0.1, -0.05) is 6.92 Å². The van der Waals surface area contributed by atoms with Crippen LogP contribution in [0, 0.1) is 5.92 Å². The zero-order valence-electron chi connectivity index (χ0n) is 12.6. The van der Waals surface area contributed by atoms with Gasteiger partial charge in [0.15, 0.2) is 0 Å². The third-order valence-electron chi connectivity index (χ3n) is 4.47. The third kappa shape index (κ3) is 4.72. The van der Waals surface area contributed by atoms with Gasteiger partial charge in [-0.05, 0) is 31.6 Å². The van der Waals surface area contributed by atoms with Gasteiger partial charge in [0.2, 0.25) is 5.91 Å². The molecule has 2 rings (SSSR count). The van der Waals surface area contributed by atoms with Gasteiger partial charge in [-0.2, -0.15) is 0 Å². The second kappa shape index (κ2) is 7.96. The van der Waals surface area contributed by atoms with Gasteiger partial charge in [-0.3, -0.25) is 9.69 Å². The van der Waals surface area contributed by atoms with Crippen molar-refractivity contribution in [2.24, 2.45) is 5.92 Å². The summed E-state index contributed by atoms with van der Waals surface area (Å²) in [4.78, 5) is 16.5. The van der Waals surface area contributed by atoms with Crippen molar-refractivity contribution in [1.29, 1.82) is 0 Å². The molecule has 116 valence electrons. The van der Waals surface area contributed by atoms with E-state index in [0.29, 0.717) is 13.2 Å². The Morgan fingerprint density at radius 1 is 1.15 bits per heavy atom. The van der Waals surface area contributed by atoms with Crippen LogP contribution in [0.1, 0.15) is 32.6 Å². The van der Waals surface area contributed by atoms with E-state index in [-0.39, 0.29) is 18.6 Å². The van der Waals surface area contributed by atoms with Gasteiger partial charge in [-0.25, -0.2) is 0 Å². The molecule has 2 fully saturated rings. The number of ether oxygens (including phenoxy) is 1. The molecular formula is C15H28N2O3. The lowest BCUT2D eigenvalue weighted by atomic mass is 9.99. The lowest BCUT2D eigenvalue weighted by Gasteiger charge is -2.35. The van der Waals surface area contributed by atoms with E-state index in [4.69, 9.17) is 9.84 Å². The van der Waals surface area contributed by atoms with Crippen LogP contribution in [0.5, 0.6) is 0 Å². The first-order chi connectivity index (χ1) is 9.69. The lowest BCUT2D eigenvalue weighted by Crippen LogP contribution is -2.46. The molecule has 0 aliphatic carbocycles. The van der Waals surface area contributed by atoms with Crippen molar-refractivity contribution in [3.63, 3.8) is 0 Å². The molecule has 1 amide bonds. The summed E-state index contributed by atoms with van der Waals surface area (Å²) in [7, 11) is 0. The number of aliphatic hydroxyl groups excluding tert-OH is 1. The van der Waals surface area contributed by atoms with Crippen molar-refractivity contribution < 1.29 is 14.6 Å². The Balaban J connectivity index is 1.66. The van der Waals surface area contributed by atoms with Crippen LogP contribution in [0.25, 0.3) is 0 Å². The van der Waals surface area contributed by atoms with Crippen molar-refractivity contribution in [3.8, 4) is 0 Å². The second-order valence-corrected chi connectivity index (χ2v) is 6.13. The number of piperidine rings is 2. The summed E-state index contributed by atoms with van der Waals surface area (Å²) < 4.78 is 5.54. The molecule has 1 N–H and O–H groups in total. The number of carbonyl (C=O) groups excluding carboxylic acids is 1. The first-order valence-electron chi connectivity index (χ1n) is 7.91. The van der Waals surface area contributed by atoms with Gasteiger partial charge in [0, 0.05) is 26.2 Å². The fourth-order valence-electron chi connectivity index (χ4n) is 3.00. The van der Waals surface area contributed by atoms with E-state index in [0.717, 1.165) is 57.8 Å². The van der Waals surface area contributed by atoms with Crippen molar-refractivity contribution in [3.05, 3.63) is 0 Å². The Morgan fingerprint density at radius 3 is 2.40 bits per heavy atom. The van der Waals surface area contributed by atoms with Gasteiger partial charge in [-0.15, -0.1) is 0 Å². The van der Waals surface area contributed by atoms with E-state index >= 15 is 0 Å². The molecule has 0 radical (unpaired) electrons. The SMILES string of the molecule is CC1CCN(C(=O)CN2CCC(OCCO)CC2)CC1. The number of hydrogen-bond donors (Lipinski definition) is 1. The maximum absolute atomic E-state index is 12.2. The largest absolute Gasteiger partial charge is 0.394 e. The molecular weight excluding hydrogens is 256 g/mol. The molecule has 0 bridgehead atoms. The summed E-state index contributed by atoms with van der Waals surface area (Å²) in [6.45, 7) is 7.03. The predicted molar refractivity (Wildman–Crippen MR) is 77.5 cm³/mol. The molecule has 5 heteroatoms. The molecule has 0 aromatic rings. The van der Waals surface area contributed by atoms with Crippen LogP contribution in [0.15, 0.2) is 0 Å². The van der Waals surface area contributed by atoms with Crippen LogP contribution in [-0.2, 0) is 9.53 Å². The molecule has 0 spiro atoms. The Hall–Kier alpha value is -0.650. The van der Waals surface area contributed by atoms with Crippen LogP contribution >= 0.6 is 0 Å². The third-order valence-corrected chi connectivity index (χ3v) is 4.47. The highest BCUT2D eigenvalue weighted by Gasteiger charge is 2.25. The summed E-state index contributed by atoms with van der Waals surface area (Å²) in [6.07, 6.45) is 4.46. The maximum atomic E-state index is 12.2. The average Bonchev–Trinajstić information content (AvgIpc) is 2.47. The fraction of sp³-hybridized carbons (Fsp3) is 0.933. The lowest BCUT2D eigenvalue weighted by molar-refractivity contribution is -0.134. The summed E-state index contributed by atoms with van der Waals surface area (Å²) >= 11 is 0. The normalized spacial score (nSPS) is 23.2. The van der Waals surface area contributed by atoms with Gasteiger partial charge < -0.3 is 14.7 Å². The van der Waals surface area contributed by atoms with E-state index in [2.05, 4.69) is 11.8 Å². The molecule has 0 unspecified atom stereocenters. The van der Waals surface area contributed by atoms with Gasteiger partial charge in [0.05, 0.1) is 25.9 Å². The zero-order chi connectivity index (χ0) is 14.4. The number of hydrogen-bond acceptors (Lipinski definition) is 4. The van der Waals surface area contributed by atoms with E-state index in [9.17, 15) is 4.79 Å².